The molecule has 1 aliphatic carbocycles. The third kappa shape index (κ3) is 4.05. The molecule has 2 N–H and O–H groups in total. The predicted octanol–water partition coefficient (Wildman–Crippen LogP) is 2.11. The molecule has 1 heterocycles. The first-order valence-electron chi connectivity index (χ1n) is 6.10. The predicted molar refractivity (Wildman–Crippen MR) is 72.9 cm³/mol. The Labute approximate surface area is 112 Å². The highest BCUT2D eigenvalue weighted by molar-refractivity contribution is 7.89. The normalized spacial score (nSPS) is 19.2. The molecule has 0 atom stereocenters. The van der Waals surface area contributed by atoms with E-state index < -0.39 is 10.0 Å². The largest absolute Gasteiger partial charge is 0.375 e. The van der Waals surface area contributed by atoms with Crippen LogP contribution in [-0.2, 0) is 21.4 Å². The Balaban J connectivity index is 1.90. The summed E-state index contributed by atoms with van der Waals surface area (Å²) in [6.45, 7) is 1.05. The van der Waals surface area contributed by atoms with E-state index in [0.717, 1.165) is 25.7 Å². The summed E-state index contributed by atoms with van der Waals surface area (Å²) >= 11 is 1.65. The molecule has 1 aromatic rings. The molecular weight excluding hydrogens is 270 g/mol. The maximum atomic E-state index is 11.3. The van der Waals surface area contributed by atoms with Crippen molar-refractivity contribution in [2.45, 2.75) is 32.3 Å². The van der Waals surface area contributed by atoms with Crippen LogP contribution in [-0.4, -0.2) is 20.8 Å². The molecule has 0 saturated heterocycles. The fourth-order valence-electron chi connectivity index (χ4n) is 2.64. The van der Waals surface area contributed by atoms with Gasteiger partial charge in [-0.2, -0.15) is 0 Å². The van der Waals surface area contributed by atoms with Crippen molar-refractivity contribution >= 4 is 21.4 Å². The third-order valence-electron chi connectivity index (χ3n) is 3.40. The second-order valence-electron chi connectivity index (χ2n) is 5.09. The topological polar surface area (TPSA) is 69.4 Å². The van der Waals surface area contributed by atoms with Gasteiger partial charge < -0.3 is 4.74 Å². The molecule has 0 amide bonds. The van der Waals surface area contributed by atoms with Gasteiger partial charge in [0.2, 0.25) is 10.0 Å². The molecule has 1 saturated carbocycles. The monoisotopic (exact) mass is 289 g/mol. The summed E-state index contributed by atoms with van der Waals surface area (Å²) in [5.74, 6) is 0.0461. The van der Waals surface area contributed by atoms with Crippen LogP contribution >= 0.6 is 11.3 Å². The van der Waals surface area contributed by atoms with E-state index in [1.165, 1.54) is 4.88 Å². The lowest BCUT2D eigenvalue weighted by Gasteiger charge is -2.27. The first kappa shape index (κ1) is 14.0. The smallest absolute Gasteiger partial charge is 0.209 e. The second-order valence-corrected chi connectivity index (χ2v) is 7.73. The van der Waals surface area contributed by atoms with Crippen molar-refractivity contribution in [1.29, 1.82) is 0 Å². The molecule has 1 aromatic heterocycles. The zero-order chi connectivity index (χ0) is 13.1. The van der Waals surface area contributed by atoms with E-state index in [4.69, 9.17) is 9.88 Å². The lowest BCUT2D eigenvalue weighted by atomic mass is 9.90. The number of ether oxygens (including phenoxy) is 1. The lowest BCUT2D eigenvalue weighted by Crippen LogP contribution is -2.35. The highest BCUT2D eigenvalue weighted by atomic mass is 32.2. The van der Waals surface area contributed by atoms with Crippen LogP contribution in [0.3, 0.4) is 0 Å². The average Bonchev–Trinajstić information content (AvgIpc) is 2.87. The first-order chi connectivity index (χ1) is 8.49. The molecular formula is C12H19NO3S2. The summed E-state index contributed by atoms with van der Waals surface area (Å²) in [6, 6.07) is 4.00. The number of thiophene rings is 1. The summed E-state index contributed by atoms with van der Waals surface area (Å²) < 4.78 is 28.3. The molecule has 2 rings (SSSR count). The van der Waals surface area contributed by atoms with E-state index in [9.17, 15) is 8.42 Å². The molecule has 1 aliphatic rings. The summed E-state index contributed by atoms with van der Waals surface area (Å²) in [5.41, 5.74) is -0.259. The minimum atomic E-state index is -3.43. The van der Waals surface area contributed by atoms with Gasteiger partial charge >= 0.3 is 0 Å². The van der Waals surface area contributed by atoms with Gasteiger partial charge in [0.15, 0.2) is 0 Å². The summed E-state index contributed by atoms with van der Waals surface area (Å²) in [4.78, 5) is 1.17. The van der Waals surface area contributed by atoms with Crippen molar-refractivity contribution in [1.82, 2.24) is 0 Å². The van der Waals surface area contributed by atoms with Gasteiger partial charge in [-0.1, -0.05) is 18.9 Å². The minimum Gasteiger partial charge on any atom is -0.375 e. The van der Waals surface area contributed by atoms with Gasteiger partial charge in [0, 0.05) is 10.3 Å². The number of nitrogens with two attached hydrogens (primary N) is 1. The SMILES string of the molecule is NS(=O)(=O)CC1(COCc2cccs2)CCCC1. The molecule has 4 nitrogen and oxygen atoms in total. The van der Waals surface area contributed by atoms with Gasteiger partial charge in [-0.15, -0.1) is 11.3 Å². The molecule has 0 spiro atoms. The standard InChI is InChI=1S/C12H19NO3S2/c13-18(14,15)10-12(5-1-2-6-12)9-16-8-11-4-3-7-17-11/h3-4,7H,1-2,5-6,8-10H2,(H2,13,14,15). The number of primary sulfonamides is 1. The molecule has 0 unspecified atom stereocenters. The number of hydrogen-bond donors (Lipinski definition) is 1. The van der Waals surface area contributed by atoms with Gasteiger partial charge in [0.05, 0.1) is 19.0 Å². The fourth-order valence-corrected chi connectivity index (χ4v) is 4.51. The van der Waals surface area contributed by atoms with E-state index in [1.807, 2.05) is 17.5 Å². The van der Waals surface area contributed by atoms with Crippen LogP contribution < -0.4 is 5.14 Å². The fraction of sp³-hybridized carbons (Fsp3) is 0.667. The van der Waals surface area contributed by atoms with Crippen LogP contribution in [0.5, 0.6) is 0 Å². The van der Waals surface area contributed by atoms with Crippen molar-refractivity contribution in [3.8, 4) is 0 Å². The van der Waals surface area contributed by atoms with Crippen LogP contribution in [0.1, 0.15) is 30.6 Å². The van der Waals surface area contributed by atoms with Gasteiger partial charge in [-0.3, -0.25) is 0 Å². The van der Waals surface area contributed by atoms with Gasteiger partial charge in [-0.05, 0) is 24.3 Å². The second kappa shape index (κ2) is 5.69. The van der Waals surface area contributed by atoms with Crippen LogP contribution in [0, 0.1) is 5.41 Å². The van der Waals surface area contributed by atoms with E-state index in [0.29, 0.717) is 13.2 Å². The summed E-state index contributed by atoms with van der Waals surface area (Å²) in [5, 5.41) is 7.19. The molecule has 0 bridgehead atoms. The van der Waals surface area contributed by atoms with E-state index in [2.05, 4.69) is 0 Å². The van der Waals surface area contributed by atoms with E-state index >= 15 is 0 Å². The Morgan fingerprint density at radius 3 is 2.67 bits per heavy atom. The van der Waals surface area contributed by atoms with E-state index in [-0.39, 0.29) is 11.2 Å². The Bertz CT molecular complexity index is 462. The van der Waals surface area contributed by atoms with Crippen molar-refractivity contribution in [2.24, 2.45) is 10.6 Å². The maximum Gasteiger partial charge on any atom is 0.209 e. The van der Waals surface area contributed by atoms with Crippen LogP contribution in [0.15, 0.2) is 17.5 Å². The first-order valence-corrected chi connectivity index (χ1v) is 8.69. The zero-order valence-corrected chi connectivity index (χ0v) is 11.9. The molecule has 6 heteroatoms. The van der Waals surface area contributed by atoms with Crippen molar-refractivity contribution in [3.63, 3.8) is 0 Å². The molecule has 102 valence electrons. The van der Waals surface area contributed by atoms with Gasteiger partial charge in [-0.25, -0.2) is 13.6 Å². The number of sulfonamides is 1. The molecule has 0 radical (unpaired) electrons. The molecule has 0 aliphatic heterocycles. The van der Waals surface area contributed by atoms with Crippen LogP contribution in [0.4, 0.5) is 0 Å². The Morgan fingerprint density at radius 2 is 2.11 bits per heavy atom. The van der Waals surface area contributed by atoms with Crippen molar-refractivity contribution < 1.29 is 13.2 Å². The van der Waals surface area contributed by atoms with Gasteiger partial charge in [0.1, 0.15) is 0 Å². The van der Waals surface area contributed by atoms with Gasteiger partial charge in [0.25, 0.3) is 0 Å². The minimum absolute atomic E-state index is 0.0461. The van der Waals surface area contributed by atoms with Crippen molar-refractivity contribution in [2.75, 3.05) is 12.4 Å². The highest BCUT2D eigenvalue weighted by Gasteiger charge is 2.37. The molecule has 1 fully saturated rings. The maximum absolute atomic E-state index is 11.3. The summed E-state index contributed by atoms with van der Waals surface area (Å²) in [7, 11) is -3.43. The number of hydrogen-bond acceptors (Lipinski definition) is 4. The Kier molecular flexibility index (Phi) is 4.42. The number of rotatable bonds is 6. The van der Waals surface area contributed by atoms with Crippen LogP contribution in [0.25, 0.3) is 0 Å². The lowest BCUT2D eigenvalue weighted by molar-refractivity contribution is 0.0486. The Morgan fingerprint density at radius 1 is 1.39 bits per heavy atom. The average molecular weight is 289 g/mol. The van der Waals surface area contributed by atoms with Crippen molar-refractivity contribution in [3.05, 3.63) is 22.4 Å². The van der Waals surface area contributed by atoms with E-state index in [1.54, 1.807) is 11.3 Å². The highest BCUT2D eigenvalue weighted by Crippen LogP contribution is 2.39. The Hall–Kier alpha value is -0.430. The zero-order valence-electron chi connectivity index (χ0n) is 10.3. The quantitative estimate of drug-likeness (QED) is 0.872. The van der Waals surface area contributed by atoms with Crippen LogP contribution in [0.2, 0.25) is 0 Å². The molecule has 0 aromatic carbocycles. The third-order valence-corrected chi connectivity index (χ3v) is 5.27. The molecule has 18 heavy (non-hydrogen) atoms. The summed E-state index contributed by atoms with van der Waals surface area (Å²) in [6.07, 6.45) is 3.93.